The highest BCUT2D eigenvalue weighted by molar-refractivity contribution is 6.33. The topological polar surface area (TPSA) is 89.0 Å². The SMILES string of the molecule is COc1ccc(Nc2ncc(C(C)NC(=O)c3ccccc3Cl)nn2)cc1. The summed E-state index contributed by atoms with van der Waals surface area (Å²) in [5, 5.41) is 14.5. The second-order valence-electron chi connectivity index (χ2n) is 5.74. The Morgan fingerprint density at radius 3 is 2.48 bits per heavy atom. The number of hydrogen-bond acceptors (Lipinski definition) is 6. The first kappa shape index (κ1) is 18.6. The smallest absolute Gasteiger partial charge is 0.253 e. The second-order valence-corrected chi connectivity index (χ2v) is 6.14. The predicted octanol–water partition coefficient (Wildman–Crippen LogP) is 3.77. The molecule has 0 spiro atoms. The van der Waals surface area contributed by atoms with E-state index in [2.05, 4.69) is 25.8 Å². The summed E-state index contributed by atoms with van der Waals surface area (Å²) in [5.41, 5.74) is 1.76. The maximum absolute atomic E-state index is 12.3. The predicted molar refractivity (Wildman–Crippen MR) is 103 cm³/mol. The van der Waals surface area contributed by atoms with Gasteiger partial charge in [-0.05, 0) is 43.3 Å². The van der Waals surface area contributed by atoms with Gasteiger partial charge >= 0.3 is 0 Å². The monoisotopic (exact) mass is 383 g/mol. The van der Waals surface area contributed by atoms with E-state index < -0.39 is 0 Å². The Balaban J connectivity index is 1.63. The molecule has 1 unspecified atom stereocenters. The van der Waals surface area contributed by atoms with Gasteiger partial charge in [-0.3, -0.25) is 4.79 Å². The van der Waals surface area contributed by atoms with E-state index in [1.165, 1.54) is 0 Å². The minimum absolute atomic E-state index is 0.282. The lowest BCUT2D eigenvalue weighted by Crippen LogP contribution is -2.27. The molecule has 0 radical (unpaired) electrons. The van der Waals surface area contributed by atoms with Gasteiger partial charge in [0.05, 0.1) is 29.9 Å². The number of amides is 1. The summed E-state index contributed by atoms with van der Waals surface area (Å²) in [7, 11) is 1.61. The molecule has 0 saturated heterocycles. The molecule has 138 valence electrons. The van der Waals surface area contributed by atoms with Crippen LogP contribution in [0.5, 0.6) is 5.75 Å². The zero-order valence-corrected chi connectivity index (χ0v) is 15.6. The van der Waals surface area contributed by atoms with E-state index in [-0.39, 0.29) is 11.9 Å². The van der Waals surface area contributed by atoms with Crippen molar-refractivity contribution in [2.24, 2.45) is 0 Å². The molecule has 27 heavy (non-hydrogen) atoms. The Kier molecular flexibility index (Phi) is 5.83. The lowest BCUT2D eigenvalue weighted by molar-refractivity contribution is 0.0939. The molecule has 0 aliphatic heterocycles. The van der Waals surface area contributed by atoms with Gasteiger partial charge in [-0.2, -0.15) is 0 Å². The van der Waals surface area contributed by atoms with E-state index in [9.17, 15) is 4.79 Å². The summed E-state index contributed by atoms with van der Waals surface area (Å²) < 4.78 is 5.12. The zero-order chi connectivity index (χ0) is 19.2. The second kappa shape index (κ2) is 8.46. The van der Waals surface area contributed by atoms with E-state index in [0.29, 0.717) is 22.2 Å². The van der Waals surface area contributed by atoms with Crippen molar-refractivity contribution in [3.8, 4) is 5.75 Å². The van der Waals surface area contributed by atoms with Crippen molar-refractivity contribution in [2.45, 2.75) is 13.0 Å². The van der Waals surface area contributed by atoms with Crippen LogP contribution >= 0.6 is 11.6 Å². The van der Waals surface area contributed by atoms with Gasteiger partial charge in [0.15, 0.2) is 0 Å². The van der Waals surface area contributed by atoms with Crippen LogP contribution in [-0.4, -0.2) is 28.2 Å². The number of ether oxygens (including phenoxy) is 1. The van der Waals surface area contributed by atoms with E-state index in [1.54, 1.807) is 44.5 Å². The van der Waals surface area contributed by atoms with Crippen LogP contribution in [0.25, 0.3) is 0 Å². The van der Waals surface area contributed by atoms with Gasteiger partial charge in [0.2, 0.25) is 5.95 Å². The van der Waals surface area contributed by atoms with Crippen LogP contribution in [0.1, 0.15) is 29.0 Å². The number of nitrogens with one attached hydrogen (secondary N) is 2. The van der Waals surface area contributed by atoms with E-state index in [0.717, 1.165) is 11.4 Å². The van der Waals surface area contributed by atoms with E-state index in [4.69, 9.17) is 16.3 Å². The van der Waals surface area contributed by atoms with Crippen LogP contribution in [-0.2, 0) is 0 Å². The molecule has 1 heterocycles. The number of halogens is 1. The van der Waals surface area contributed by atoms with Crippen LogP contribution in [0, 0.1) is 0 Å². The molecule has 8 heteroatoms. The molecule has 2 aromatic carbocycles. The summed E-state index contributed by atoms with van der Waals surface area (Å²) in [6.45, 7) is 1.80. The molecular weight excluding hydrogens is 366 g/mol. The van der Waals surface area contributed by atoms with Crippen molar-refractivity contribution in [3.63, 3.8) is 0 Å². The summed E-state index contributed by atoms with van der Waals surface area (Å²) in [4.78, 5) is 16.6. The van der Waals surface area contributed by atoms with Crippen LogP contribution in [0.3, 0.4) is 0 Å². The largest absolute Gasteiger partial charge is 0.497 e. The fourth-order valence-electron chi connectivity index (χ4n) is 2.34. The van der Waals surface area contributed by atoms with Gasteiger partial charge < -0.3 is 15.4 Å². The highest BCUT2D eigenvalue weighted by Gasteiger charge is 2.15. The average molecular weight is 384 g/mol. The zero-order valence-electron chi connectivity index (χ0n) is 14.8. The van der Waals surface area contributed by atoms with Gasteiger partial charge in [0, 0.05) is 5.69 Å². The Bertz CT molecular complexity index is 916. The number of anilines is 2. The number of carbonyl (C=O) groups excluding carboxylic acids is 1. The first-order chi connectivity index (χ1) is 13.1. The van der Waals surface area contributed by atoms with Gasteiger partial charge in [-0.1, -0.05) is 23.7 Å². The lowest BCUT2D eigenvalue weighted by atomic mass is 10.2. The number of hydrogen-bond donors (Lipinski definition) is 2. The number of carbonyl (C=O) groups is 1. The van der Waals surface area contributed by atoms with Crippen LogP contribution in [0.4, 0.5) is 11.6 Å². The Morgan fingerprint density at radius 2 is 1.85 bits per heavy atom. The maximum atomic E-state index is 12.3. The number of rotatable bonds is 6. The minimum atomic E-state index is -0.371. The van der Waals surface area contributed by atoms with Crippen LogP contribution < -0.4 is 15.4 Å². The first-order valence-corrected chi connectivity index (χ1v) is 8.60. The standard InChI is InChI=1S/C19H18ClN5O2/c1-12(22-18(26)15-5-3-4-6-16(15)20)17-11-21-19(25-24-17)23-13-7-9-14(27-2)10-8-13/h3-12H,1-2H3,(H,22,26)(H,21,23,25). The van der Waals surface area contributed by atoms with Gasteiger partial charge in [0.1, 0.15) is 11.4 Å². The Labute approximate surface area is 161 Å². The summed E-state index contributed by atoms with van der Waals surface area (Å²) >= 11 is 6.05. The molecule has 1 amide bonds. The number of aromatic nitrogens is 3. The number of nitrogens with zero attached hydrogens (tertiary/aromatic N) is 3. The molecule has 1 atom stereocenters. The highest BCUT2D eigenvalue weighted by atomic mass is 35.5. The molecule has 0 saturated carbocycles. The normalized spacial score (nSPS) is 11.5. The molecule has 3 rings (SSSR count). The Hall–Kier alpha value is -3.19. The third kappa shape index (κ3) is 4.71. The molecule has 0 fully saturated rings. The molecule has 3 aromatic rings. The fraction of sp³-hybridized carbons (Fsp3) is 0.158. The fourth-order valence-corrected chi connectivity index (χ4v) is 2.56. The molecular formula is C19H18ClN5O2. The lowest BCUT2D eigenvalue weighted by Gasteiger charge is -2.13. The van der Waals surface area contributed by atoms with Gasteiger partial charge in [-0.25, -0.2) is 4.98 Å². The maximum Gasteiger partial charge on any atom is 0.253 e. The summed E-state index contributed by atoms with van der Waals surface area (Å²) in [6, 6.07) is 13.8. The molecule has 0 aliphatic rings. The van der Waals surface area contributed by atoms with Crippen molar-refractivity contribution in [1.29, 1.82) is 0 Å². The highest BCUT2D eigenvalue weighted by Crippen LogP contribution is 2.19. The van der Waals surface area contributed by atoms with Crippen molar-refractivity contribution >= 4 is 29.1 Å². The van der Waals surface area contributed by atoms with Crippen molar-refractivity contribution in [1.82, 2.24) is 20.5 Å². The number of methoxy groups -OCH3 is 1. The number of benzene rings is 2. The third-order valence-corrected chi connectivity index (χ3v) is 4.16. The van der Waals surface area contributed by atoms with Crippen LogP contribution in [0.2, 0.25) is 5.02 Å². The molecule has 2 N–H and O–H groups in total. The molecule has 7 nitrogen and oxygen atoms in total. The minimum Gasteiger partial charge on any atom is -0.497 e. The van der Waals surface area contributed by atoms with Crippen molar-refractivity contribution in [3.05, 3.63) is 71.0 Å². The molecule has 0 aliphatic carbocycles. The van der Waals surface area contributed by atoms with Crippen LogP contribution in [0.15, 0.2) is 54.7 Å². The van der Waals surface area contributed by atoms with E-state index >= 15 is 0 Å². The average Bonchev–Trinajstić information content (AvgIpc) is 2.69. The van der Waals surface area contributed by atoms with E-state index in [1.807, 2.05) is 24.3 Å². The molecule has 1 aromatic heterocycles. The third-order valence-electron chi connectivity index (χ3n) is 3.84. The summed E-state index contributed by atoms with van der Waals surface area (Å²) in [6.07, 6.45) is 1.57. The van der Waals surface area contributed by atoms with Gasteiger partial charge in [-0.15, -0.1) is 10.2 Å². The van der Waals surface area contributed by atoms with Crippen molar-refractivity contribution in [2.75, 3.05) is 12.4 Å². The quantitative estimate of drug-likeness (QED) is 0.673. The first-order valence-electron chi connectivity index (χ1n) is 8.23. The van der Waals surface area contributed by atoms with Gasteiger partial charge in [0.25, 0.3) is 5.91 Å². The van der Waals surface area contributed by atoms with Crippen molar-refractivity contribution < 1.29 is 9.53 Å². The Morgan fingerprint density at radius 1 is 1.11 bits per heavy atom. The molecule has 0 bridgehead atoms. The summed E-state index contributed by atoms with van der Waals surface area (Å²) in [5.74, 6) is 0.835.